The fraction of sp³-hybridized carbons (Fsp3) is 0.348. The fourth-order valence-corrected chi connectivity index (χ4v) is 4.41. The van der Waals surface area contributed by atoms with Gasteiger partial charge in [0.1, 0.15) is 5.75 Å². The lowest BCUT2D eigenvalue weighted by Crippen LogP contribution is -2.08. The molecule has 5 heteroatoms. The van der Waals surface area contributed by atoms with Crippen LogP contribution in [-0.2, 0) is 6.54 Å². The van der Waals surface area contributed by atoms with E-state index in [1.54, 1.807) is 11.9 Å². The topological polar surface area (TPSA) is 32.8 Å². The van der Waals surface area contributed by atoms with E-state index in [0.29, 0.717) is 11.5 Å². The summed E-state index contributed by atoms with van der Waals surface area (Å²) in [6.45, 7) is 1.68. The molecule has 2 aromatic carbocycles. The summed E-state index contributed by atoms with van der Waals surface area (Å²) >= 11 is 1.76. The highest BCUT2D eigenvalue weighted by atomic mass is 32.2. The first-order chi connectivity index (χ1) is 13.5. The Kier molecular flexibility index (Phi) is 5.47. The maximum Gasteiger partial charge on any atom is 0.150 e. The lowest BCUT2D eigenvalue weighted by atomic mass is 9.93. The molecule has 0 atom stereocenters. The minimum absolute atomic E-state index is 0.682. The van der Waals surface area contributed by atoms with E-state index in [2.05, 4.69) is 29.7 Å². The van der Waals surface area contributed by atoms with Crippen LogP contribution in [-0.4, -0.2) is 43.2 Å². The lowest BCUT2D eigenvalue weighted by molar-refractivity contribution is 0.112. The monoisotopic (exact) mass is 394 g/mol. The van der Waals surface area contributed by atoms with Crippen LogP contribution >= 0.6 is 11.9 Å². The maximum atomic E-state index is 11.7. The smallest absolute Gasteiger partial charge is 0.150 e. The molecule has 0 spiro atoms. The third-order valence-electron chi connectivity index (χ3n) is 5.04. The first-order valence-electron chi connectivity index (χ1n) is 9.67. The summed E-state index contributed by atoms with van der Waals surface area (Å²) in [5.41, 5.74) is 4.98. The van der Waals surface area contributed by atoms with E-state index < -0.39 is 0 Å². The maximum absolute atomic E-state index is 11.7. The van der Waals surface area contributed by atoms with E-state index in [4.69, 9.17) is 4.74 Å². The second kappa shape index (κ2) is 8.02. The molecular weight excluding hydrogens is 368 g/mol. The predicted octanol–water partition coefficient (Wildman–Crippen LogP) is 4.69. The van der Waals surface area contributed by atoms with Gasteiger partial charge in [0.05, 0.1) is 6.61 Å². The Bertz CT molecular complexity index is 919. The Labute approximate surface area is 171 Å². The molecule has 1 fully saturated rings. The SMILES string of the molecule is CN(C)/C=C(\c1ccccc1C=O)c1cc2c(cc1OCC1CC1)CN(C)S2. The standard InChI is InChI=1S/C23H26N2O2S/c1-24(2)13-21(19-7-5-4-6-17(19)14-26)20-11-23-18(12-25(3)28-23)10-22(20)27-15-16-8-9-16/h4-7,10-11,13-14,16H,8-9,12,15H2,1-3H3/b21-13+. The molecule has 1 aliphatic heterocycles. The summed E-state index contributed by atoms with van der Waals surface area (Å²) in [6.07, 6.45) is 5.53. The molecule has 0 amide bonds. The zero-order valence-corrected chi connectivity index (χ0v) is 17.5. The predicted molar refractivity (Wildman–Crippen MR) is 115 cm³/mol. The molecule has 146 valence electrons. The Morgan fingerprint density at radius 1 is 1.25 bits per heavy atom. The van der Waals surface area contributed by atoms with Crippen molar-refractivity contribution in [3.05, 3.63) is 64.9 Å². The van der Waals surface area contributed by atoms with Gasteiger partial charge in [-0.3, -0.25) is 4.79 Å². The number of ether oxygens (including phenoxy) is 1. The van der Waals surface area contributed by atoms with Crippen molar-refractivity contribution in [1.29, 1.82) is 0 Å². The van der Waals surface area contributed by atoms with Crippen LogP contribution < -0.4 is 4.74 Å². The number of benzene rings is 2. The van der Waals surface area contributed by atoms with Crippen LogP contribution in [0.4, 0.5) is 0 Å². The van der Waals surface area contributed by atoms with Gasteiger partial charge in [-0.25, -0.2) is 4.31 Å². The molecule has 1 heterocycles. The van der Waals surface area contributed by atoms with Gasteiger partial charge < -0.3 is 9.64 Å². The Hall–Kier alpha value is -2.24. The summed E-state index contributed by atoms with van der Waals surface area (Å²) < 4.78 is 8.53. The second-order valence-corrected chi connectivity index (χ2v) is 9.05. The molecule has 0 bridgehead atoms. The van der Waals surface area contributed by atoms with Crippen LogP contribution in [0.25, 0.3) is 5.57 Å². The lowest BCUT2D eigenvalue weighted by Gasteiger charge is -2.19. The second-order valence-electron chi connectivity index (χ2n) is 7.80. The van der Waals surface area contributed by atoms with E-state index >= 15 is 0 Å². The quantitative estimate of drug-likeness (QED) is 0.502. The van der Waals surface area contributed by atoms with Crippen LogP contribution in [0, 0.1) is 5.92 Å². The van der Waals surface area contributed by atoms with Crippen LogP contribution in [0.2, 0.25) is 0 Å². The zero-order chi connectivity index (χ0) is 19.7. The van der Waals surface area contributed by atoms with Crippen LogP contribution in [0.3, 0.4) is 0 Å². The van der Waals surface area contributed by atoms with E-state index in [0.717, 1.165) is 41.9 Å². The Morgan fingerprint density at radius 3 is 2.75 bits per heavy atom. The number of hydrogen-bond acceptors (Lipinski definition) is 5. The molecule has 1 aliphatic carbocycles. The van der Waals surface area contributed by atoms with Crippen molar-refractivity contribution < 1.29 is 9.53 Å². The van der Waals surface area contributed by atoms with Gasteiger partial charge in [-0.15, -0.1) is 0 Å². The fourth-order valence-electron chi connectivity index (χ4n) is 3.46. The van der Waals surface area contributed by atoms with Crippen molar-refractivity contribution in [3.8, 4) is 5.75 Å². The highest BCUT2D eigenvalue weighted by Crippen LogP contribution is 2.43. The van der Waals surface area contributed by atoms with Gasteiger partial charge in [0.25, 0.3) is 0 Å². The summed E-state index contributed by atoms with van der Waals surface area (Å²) in [7, 11) is 6.11. The average molecular weight is 395 g/mol. The first-order valence-corrected chi connectivity index (χ1v) is 10.4. The van der Waals surface area contributed by atoms with Gasteiger partial charge >= 0.3 is 0 Å². The highest BCUT2D eigenvalue weighted by molar-refractivity contribution is 7.97. The zero-order valence-electron chi connectivity index (χ0n) is 16.6. The summed E-state index contributed by atoms with van der Waals surface area (Å²) in [6, 6.07) is 12.2. The van der Waals surface area contributed by atoms with E-state index in [1.165, 1.54) is 23.3 Å². The van der Waals surface area contributed by atoms with Gasteiger partial charge in [-0.1, -0.05) is 24.3 Å². The molecule has 0 saturated heterocycles. The van der Waals surface area contributed by atoms with Gasteiger partial charge in [-0.05, 0) is 61.0 Å². The Balaban J connectivity index is 1.84. The van der Waals surface area contributed by atoms with Crippen molar-refractivity contribution in [2.75, 3.05) is 27.7 Å². The van der Waals surface area contributed by atoms with Gasteiger partial charge in [0.2, 0.25) is 0 Å². The number of nitrogens with zero attached hydrogens (tertiary/aromatic N) is 2. The van der Waals surface area contributed by atoms with Crippen molar-refractivity contribution in [1.82, 2.24) is 9.21 Å². The molecule has 0 N–H and O–H groups in total. The number of rotatable bonds is 7. The summed E-state index contributed by atoms with van der Waals surface area (Å²) in [5.74, 6) is 1.59. The molecule has 4 nitrogen and oxygen atoms in total. The largest absolute Gasteiger partial charge is 0.493 e. The molecule has 2 aromatic rings. The van der Waals surface area contributed by atoms with Crippen LogP contribution in [0.15, 0.2) is 47.5 Å². The summed E-state index contributed by atoms with van der Waals surface area (Å²) in [5, 5.41) is 0. The van der Waals surface area contributed by atoms with Crippen LogP contribution in [0.1, 0.15) is 39.9 Å². The van der Waals surface area contributed by atoms with Gasteiger partial charge in [0, 0.05) is 48.4 Å². The summed E-state index contributed by atoms with van der Waals surface area (Å²) in [4.78, 5) is 15.0. The minimum Gasteiger partial charge on any atom is -0.493 e. The number of fused-ring (bicyclic) bond motifs is 1. The third kappa shape index (κ3) is 4.10. The number of aldehydes is 1. The van der Waals surface area contributed by atoms with Crippen molar-refractivity contribution in [3.63, 3.8) is 0 Å². The number of carbonyl (C=O) groups is 1. The van der Waals surface area contributed by atoms with Crippen molar-refractivity contribution >= 4 is 23.8 Å². The molecule has 4 rings (SSSR count). The normalized spacial score (nSPS) is 16.8. The van der Waals surface area contributed by atoms with Gasteiger partial charge in [0.15, 0.2) is 6.29 Å². The third-order valence-corrected chi connectivity index (χ3v) is 6.05. The minimum atomic E-state index is 0.682. The molecular formula is C23H26N2O2S. The van der Waals surface area contributed by atoms with E-state index in [9.17, 15) is 4.79 Å². The Morgan fingerprint density at radius 2 is 2.04 bits per heavy atom. The highest BCUT2D eigenvalue weighted by Gasteiger charge is 2.26. The molecule has 2 aliphatic rings. The molecule has 0 aromatic heterocycles. The number of hydrogen-bond donors (Lipinski definition) is 0. The molecule has 28 heavy (non-hydrogen) atoms. The molecule has 0 unspecified atom stereocenters. The molecule has 1 saturated carbocycles. The van der Waals surface area contributed by atoms with Gasteiger partial charge in [-0.2, -0.15) is 0 Å². The average Bonchev–Trinajstić information content (AvgIpc) is 3.43. The van der Waals surface area contributed by atoms with E-state index in [-0.39, 0.29) is 0 Å². The number of carbonyl (C=O) groups excluding carboxylic acids is 1. The molecule has 0 radical (unpaired) electrons. The first kappa shape index (κ1) is 19.1. The van der Waals surface area contributed by atoms with E-state index in [1.807, 2.05) is 43.3 Å². The van der Waals surface area contributed by atoms with Crippen LogP contribution in [0.5, 0.6) is 5.75 Å². The van der Waals surface area contributed by atoms with Crippen molar-refractivity contribution in [2.24, 2.45) is 5.92 Å². The van der Waals surface area contributed by atoms with Crippen molar-refractivity contribution in [2.45, 2.75) is 24.3 Å².